The van der Waals surface area contributed by atoms with Crippen molar-refractivity contribution in [1.82, 2.24) is 9.47 Å². The maximum Gasteiger partial charge on any atom is 0.270 e. The van der Waals surface area contributed by atoms with Crippen LogP contribution in [0.15, 0.2) is 47.1 Å². The first-order chi connectivity index (χ1) is 11.1. The number of likely N-dealkylation sites (tertiary alicyclic amines) is 1. The molecule has 1 aliphatic rings. The van der Waals surface area contributed by atoms with Crippen molar-refractivity contribution in [2.75, 3.05) is 19.6 Å². The molecule has 2 atom stereocenters. The number of carbonyl (C=O) groups is 1. The number of benzene rings is 1. The van der Waals surface area contributed by atoms with E-state index >= 15 is 0 Å². The van der Waals surface area contributed by atoms with Crippen LogP contribution >= 0.6 is 28.3 Å². The monoisotopic (exact) mass is 411 g/mol. The number of nitrogens with two attached hydrogens (primary N) is 1. The van der Waals surface area contributed by atoms with Crippen LogP contribution in [0.1, 0.15) is 28.9 Å². The van der Waals surface area contributed by atoms with E-state index in [4.69, 9.17) is 5.73 Å². The second-order valence-electron chi connectivity index (χ2n) is 6.05. The van der Waals surface area contributed by atoms with Crippen LogP contribution in [-0.4, -0.2) is 35.0 Å². The van der Waals surface area contributed by atoms with Crippen LogP contribution in [-0.2, 0) is 6.54 Å². The maximum atomic E-state index is 12.9. The van der Waals surface area contributed by atoms with Gasteiger partial charge in [0.15, 0.2) is 0 Å². The predicted octanol–water partition coefficient (Wildman–Crippen LogP) is 3.51. The summed E-state index contributed by atoms with van der Waals surface area (Å²) in [6, 6.07) is 12.3. The lowest BCUT2D eigenvalue weighted by atomic mass is 9.89. The van der Waals surface area contributed by atoms with Gasteiger partial charge in [0.1, 0.15) is 5.69 Å². The van der Waals surface area contributed by atoms with Crippen LogP contribution in [0.3, 0.4) is 0 Å². The highest BCUT2D eigenvalue weighted by Gasteiger charge is 2.36. The Hall–Kier alpha value is -1.30. The Morgan fingerprint density at radius 1 is 1.29 bits per heavy atom. The van der Waals surface area contributed by atoms with Gasteiger partial charge in [-0.15, -0.1) is 12.4 Å². The van der Waals surface area contributed by atoms with Crippen molar-refractivity contribution < 1.29 is 4.79 Å². The van der Waals surface area contributed by atoms with Gasteiger partial charge in [0.2, 0.25) is 0 Å². The zero-order valence-corrected chi connectivity index (χ0v) is 16.1. The predicted molar refractivity (Wildman–Crippen MR) is 103 cm³/mol. The molecule has 0 bridgehead atoms. The van der Waals surface area contributed by atoms with Gasteiger partial charge in [0, 0.05) is 36.2 Å². The van der Waals surface area contributed by atoms with Crippen molar-refractivity contribution in [3.05, 3.63) is 58.3 Å². The summed E-state index contributed by atoms with van der Waals surface area (Å²) in [5.74, 6) is 0.725. The Kier molecular flexibility index (Phi) is 6.49. The number of amides is 1. The van der Waals surface area contributed by atoms with E-state index in [0.29, 0.717) is 18.4 Å². The van der Waals surface area contributed by atoms with Crippen molar-refractivity contribution in [3.8, 4) is 0 Å². The number of hydrogen-bond donors (Lipinski definition) is 1. The number of nitrogens with zero attached hydrogens (tertiary/aromatic N) is 2. The van der Waals surface area contributed by atoms with Crippen molar-refractivity contribution in [1.29, 1.82) is 0 Å². The number of aryl methyl sites for hydroxylation is 1. The highest BCUT2D eigenvalue weighted by atomic mass is 79.9. The summed E-state index contributed by atoms with van der Waals surface area (Å²) in [4.78, 5) is 14.9. The molecule has 1 aromatic carbocycles. The van der Waals surface area contributed by atoms with Gasteiger partial charge >= 0.3 is 0 Å². The highest BCUT2D eigenvalue weighted by Crippen LogP contribution is 2.33. The number of hydrogen-bond acceptors (Lipinski definition) is 2. The van der Waals surface area contributed by atoms with Crippen molar-refractivity contribution >= 4 is 34.2 Å². The third-order valence-corrected chi connectivity index (χ3v) is 5.12. The fourth-order valence-corrected chi connectivity index (χ4v) is 3.90. The molecule has 4 nitrogen and oxygen atoms in total. The van der Waals surface area contributed by atoms with Crippen LogP contribution in [0.5, 0.6) is 0 Å². The summed E-state index contributed by atoms with van der Waals surface area (Å²) in [5.41, 5.74) is 7.98. The quantitative estimate of drug-likeness (QED) is 0.835. The molecule has 2 heterocycles. The molecule has 1 aliphatic heterocycles. The molecule has 0 spiro atoms. The fraction of sp³-hybridized carbons (Fsp3) is 0.389. The van der Waals surface area contributed by atoms with Crippen molar-refractivity contribution in [2.45, 2.75) is 19.4 Å². The average molecular weight is 413 g/mol. The largest absolute Gasteiger partial charge is 0.343 e. The van der Waals surface area contributed by atoms with Gasteiger partial charge in [-0.05, 0) is 46.9 Å². The Balaban J connectivity index is 0.00000208. The number of halogens is 2. The molecule has 130 valence electrons. The zero-order chi connectivity index (χ0) is 16.4. The Morgan fingerprint density at radius 3 is 2.62 bits per heavy atom. The van der Waals surface area contributed by atoms with Crippen LogP contribution in [0.25, 0.3) is 0 Å². The Morgan fingerprint density at radius 2 is 2.00 bits per heavy atom. The van der Waals surface area contributed by atoms with Gasteiger partial charge < -0.3 is 15.2 Å². The topological polar surface area (TPSA) is 51.3 Å². The van der Waals surface area contributed by atoms with E-state index in [9.17, 15) is 4.79 Å². The lowest BCUT2D eigenvalue weighted by Gasteiger charge is -2.17. The molecule has 1 amide bonds. The van der Waals surface area contributed by atoms with Gasteiger partial charge in [-0.3, -0.25) is 4.79 Å². The molecule has 0 unspecified atom stereocenters. The average Bonchev–Trinajstić information content (AvgIpc) is 3.18. The second-order valence-corrected chi connectivity index (χ2v) is 6.97. The molecule has 6 heteroatoms. The first kappa shape index (κ1) is 19.0. The molecule has 1 saturated heterocycles. The summed E-state index contributed by atoms with van der Waals surface area (Å²) in [6.07, 6.45) is 1.96. The lowest BCUT2D eigenvalue weighted by molar-refractivity contribution is 0.0776. The van der Waals surface area contributed by atoms with E-state index in [1.54, 1.807) is 0 Å². The first-order valence-corrected chi connectivity index (χ1v) is 8.83. The van der Waals surface area contributed by atoms with Gasteiger partial charge in [0.25, 0.3) is 5.91 Å². The van der Waals surface area contributed by atoms with E-state index in [-0.39, 0.29) is 18.3 Å². The number of carbonyl (C=O) groups excluding carboxylic acids is 1. The second kappa shape index (κ2) is 8.19. The zero-order valence-electron chi connectivity index (χ0n) is 13.7. The molecule has 1 aromatic heterocycles. The molecular weight excluding hydrogens is 390 g/mol. The molecule has 24 heavy (non-hydrogen) atoms. The van der Waals surface area contributed by atoms with E-state index in [0.717, 1.165) is 29.8 Å². The maximum absolute atomic E-state index is 12.9. The molecule has 1 fully saturated rings. The minimum absolute atomic E-state index is 0. The molecular formula is C18H23BrClN3O. The Bertz CT molecular complexity index is 689. The third-order valence-electron chi connectivity index (χ3n) is 4.68. The first-order valence-electron chi connectivity index (χ1n) is 8.04. The van der Waals surface area contributed by atoms with E-state index in [1.165, 1.54) is 5.56 Å². The van der Waals surface area contributed by atoms with Gasteiger partial charge in [-0.2, -0.15) is 0 Å². The van der Waals surface area contributed by atoms with Crippen molar-refractivity contribution in [3.63, 3.8) is 0 Å². The van der Waals surface area contributed by atoms with Crippen LogP contribution in [0, 0.1) is 5.92 Å². The summed E-state index contributed by atoms with van der Waals surface area (Å²) < 4.78 is 2.93. The minimum atomic E-state index is 0. The summed E-state index contributed by atoms with van der Waals surface area (Å²) in [6.45, 7) is 4.88. The fourth-order valence-electron chi connectivity index (χ4n) is 3.43. The van der Waals surface area contributed by atoms with Gasteiger partial charge in [0.05, 0.1) is 0 Å². The molecule has 0 radical (unpaired) electrons. The molecule has 0 saturated carbocycles. The lowest BCUT2D eigenvalue weighted by Crippen LogP contribution is -2.31. The van der Waals surface area contributed by atoms with Crippen molar-refractivity contribution in [2.24, 2.45) is 11.7 Å². The van der Waals surface area contributed by atoms with E-state index in [2.05, 4.69) is 28.1 Å². The summed E-state index contributed by atoms with van der Waals surface area (Å²) in [7, 11) is 0. The summed E-state index contributed by atoms with van der Waals surface area (Å²) >= 11 is 3.46. The van der Waals surface area contributed by atoms with Crippen LogP contribution in [0.4, 0.5) is 0 Å². The normalized spacial score (nSPS) is 20.0. The summed E-state index contributed by atoms with van der Waals surface area (Å²) in [5, 5.41) is 0. The smallest absolute Gasteiger partial charge is 0.270 e. The van der Waals surface area contributed by atoms with Crippen LogP contribution in [0.2, 0.25) is 0 Å². The third kappa shape index (κ3) is 3.68. The standard InChI is InChI=1S/C18H22BrN3O.ClH/c1-2-21-11-15(19)8-17(21)18(23)22-10-14(9-20)16(12-22)13-6-4-3-5-7-13;/h3-8,11,14,16H,2,9-10,12,20H2,1H3;1H/t14-,16+;/m1./s1. The van der Waals surface area contributed by atoms with Gasteiger partial charge in [-0.25, -0.2) is 0 Å². The molecule has 2 N–H and O–H groups in total. The SMILES string of the molecule is CCn1cc(Br)cc1C(=O)N1C[C@@H](CN)[C@H](c2ccccc2)C1.Cl. The molecule has 0 aliphatic carbocycles. The number of aromatic nitrogens is 1. The van der Waals surface area contributed by atoms with E-state index < -0.39 is 0 Å². The minimum Gasteiger partial charge on any atom is -0.343 e. The van der Waals surface area contributed by atoms with E-state index in [1.807, 2.05) is 46.9 Å². The Labute approximate surface area is 157 Å². The molecule has 3 rings (SSSR count). The number of rotatable bonds is 4. The van der Waals surface area contributed by atoms with Crippen LogP contribution < -0.4 is 5.73 Å². The van der Waals surface area contributed by atoms with Gasteiger partial charge in [-0.1, -0.05) is 30.3 Å². The molecule has 2 aromatic rings. The highest BCUT2D eigenvalue weighted by molar-refractivity contribution is 9.10.